The normalized spacial score (nSPS) is 23.9. The summed E-state index contributed by atoms with van der Waals surface area (Å²) in [4.78, 5) is 10.2. The Balaban J connectivity index is 2.08. The fraction of sp³-hybridized carbons (Fsp3) is 0.667. The van der Waals surface area contributed by atoms with Gasteiger partial charge in [0.05, 0.1) is 11.9 Å². The van der Waals surface area contributed by atoms with Crippen molar-refractivity contribution in [3.63, 3.8) is 0 Å². The fourth-order valence-corrected chi connectivity index (χ4v) is 2.86. The highest BCUT2D eigenvalue weighted by Gasteiger charge is 2.34. The number of piperidine rings is 1. The van der Waals surface area contributed by atoms with Crippen LogP contribution in [0, 0.1) is 6.92 Å². The average Bonchev–Trinajstić information content (AvgIpc) is 2.36. The Morgan fingerprint density at radius 2 is 2.25 bits per heavy atom. The van der Waals surface area contributed by atoms with E-state index in [9.17, 15) is 13.5 Å². The maximum absolute atomic E-state index is 11.2. The standard InChI is InChI=1S/C12H20N4O3S/c1-10-6-11(14-9-13-10)16-5-3-4-12(17,8-16)7-15-20(2,18)19/h6,9,15,17H,3-5,7-8H2,1-2H3. The van der Waals surface area contributed by atoms with Gasteiger partial charge in [0.2, 0.25) is 10.0 Å². The van der Waals surface area contributed by atoms with E-state index in [0.29, 0.717) is 13.0 Å². The Labute approximate surface area is 119 Å². The van der Waals surface area contributed by atoms with Gasteiger partial charge in [0, 0.05) is 31.4 Å². The van der Waals surface area contributed by atoms with Crippen LogP contribution in [0.25, 0.3) is 0 Å². The number of aryl methyl sites for hydroxylation is 1. The maximum atomic E-state index is 11.2. The number of hydrogen-bond donors (Lipinski definition) is 2. The molecule has 0 radical (unpaired) electrons. The molecule has 20 heavy (non-hydrogen) atoms. The van der Waals surface area contributed by atoms with Crippen LogP contribution in [0.2, 0.25) is 0 Å². The van der Waals surface area contributed by atoms with Crippen molar-refractivity contribution in [3.05, 3.63) is 18.1 Å². The topological polar surface area (TPSA) is 95.4 Å². The summed E-state index contributed by atoms with van der Waals surface area (Å²) in [6, 6.07) is 1.86. The first-order valence-electron chi connectivity index (χ1n) is 6.48. The zero-order valence-electron chi connectivity index (χ0n) is 11.7. The summed E-state index contributed by atoms with van der Waals surface area (Å²) in [5, 5.41) is 10.5. The number of β-amino-alcohol motifs (C(OH)–C–C–N with tert-alkyl or cyclic N) is 1. The molecule has 1 aromatic heterocycles. The lowest BCUT2D eigenvalue weighted by molar-refractivity contribution is 0.0310. The van der Waals surface area contributed by atoms with E-state index < -0.39 is 15.6 Å². The van der Waals surface area contributed by atoms with E-state index in [1.54, 1.807) is 0 Å². The second-order valence-corrected chi connectivity index (χ2v) is 7.19. The van der Waals surface area contributed by atoms with Crippen LogP contribution in [0.3, 0.4) is 0 Å². The molecular formula is C12H20N4O3S. The Morgan fingerprint density at radius 1 is 1.50 bits per heavy atom. The van der Waals surface area contributed by atoms with Gasteiger partial charge in [-0.2, -0.15) is 0 Å². The number of sulfonamides is 1. The van der Waals surface area contributed by atoms with Gasteiger partial charge in [0.15, 0.2) is 0 Å². The molecule has 1 saturated heterocycles. The predicted molar refractivity (Wildman–Crippen MR) is 76.0 cm³/mol. The van der Waals surface area contributed by atoms with E-state index in [-0.39, 0.29) is 6.54 Å². The zero-order chi connectivity index (χ0) is 14.8. The predicted octanol–water partition coefficient (Wildman–Crippen LogP) is -0.334. The molecule has 0 amide bonds. The summed E-state index contributed by atoms with van der Waals surface area (Å²) in [5.41, 5.74) is -0.210. The molecule has 0 aromatic carbocycles. The Bertz CT molecular complexity index is 578. The molecule has 7 nitrogen and oxygen atoms in total. The number of nitrogens with zero attached hydrogens (tertiary/aromatic N) is 3. The van der Waals surface area contributed by atoms with Crippen LogP contribution in [0.4, 0.5) is 5.82 Å². The average molecular weight is 300 g/mol. The first kappa shape index (κ1) is 15.1. The van der Waals surface area contributed by atoms with Gasteiger partial charge in [-0.1, -0.05) is 0 Å². The SMILES string of the molecule is Cc1cc(N2CCCC(O)(CNS(C)(=O)=O)C2)ncn1. The largest absolute Gasteiger partial charge is 0.387 e. The molecule has 1 fully saturated rings. The van der Waals surface area contributed by atoms with Gasteiger partial charge in [0.1, 0.15) is 12.1 Å². The van der Waals surface area contributed by atoms with Gasteiger partial charge in [-0.25, -0.2) is 23.1 Å². The molecule has 0 bridgehead atoms. The quantitative estimate of drug-likeness (QED) is 0.790. The van der Waals surface area contributed by atoms with Crippen LogP contribution in [0.5, 0.6) is 0 Å². The molecule has 1 aliphatic rings. The van der Waals surface area contributed by atoms with E-state index in [2.05, 4.69) is 14.7 Å². The van der Waals surface area contributed by atoms with Crippen molar-refractivity contribution in [1.29, 1.82) is 0 Å². The molecule has 2 rings (SSSR count). The lowest BCUT2D eigenvalue weighted by Crippen LogP contribution is -2.54. The molecule has 0 spiro atoms. The van der Waals surface area contributed by atoms with Crippen LogP contribution in [0.1, 0.15) is 18.5 Å². The summed E-state index contributed by atoms with van der Waals surface area (Å²) < 4.78 is 24.7. The molecule has 1 unspecified atom stereocenters. The van der Waals surface area contributed by atoms with Crippen LogP contribution < -0.4 is 9.62 Å². The summed E-state index contributed by atoms with van der Waals surface area (Å²) in [6.45, 7) is 3.04. The molecule has 1 atom stereocenters. The van der Waals surface area contributed by atoms with Crippen LogP contribution in [0.15, 0.2) is 12.4 Å². The molecule has 2 N–H and O–H groups in total. The Morgan fingerprint density at radius 3 is 2.90 bits per heavy atom. The smallest absolute Gasteiger partial charge is 0.208 e. The monoisotopic (exact) mass is 300 g/mol. The minimum Gasteiger partial charge on any atom is -0.387 e. The van der Waals surface area contributed by atoms with Crippen molar-refractivity contribution in [2.24, 2.45) is 0 Å². The van der Waals surface area contributed by atoms with Gasteiger partial charge in [-0.15, -0.1) is 0 Å². The van der Waals surface area contributed by atoms with Crippen molar-refractivity contribution < 1.29 is 13.5 Å². The maximum Gasteiger partial charge on any atom is 0.208 e. The number of aliphatic hydroxyl groups is 1. The van der Waals surface area contributed by atoms with Gasteiger partial charge in [-0.3, -0.25) is 0 Å². The third-order valence-electron chi connectivity index (χ3n) is 3.33. The molecule has 1 aromatic rings. The summed E-state index contributed by atoms with van der Waals surface area (Å²) in [7, 11) is -3.30. The highest BCUT2D eigenvalue weighted by Crippen LogP contribution is 2.24. The Kier molecular flexibility index (Phi) is 4.26. The van der Waals surface area contributed by atoms with Crippen LogP contribution in [-0.4, -0.2) is 55.0 Å². The number of rotatable bonds is 4. The third-order valence-corrected chi connectivity index (χ3v) is 4.00. The second-order valence-electron chi connectivity index (χ2n) is 5.36. The lowest BCUT2D eigenvalue weighted by Gasteiger charge is -2.39. The third kappa shape index (κ3) is 4.12. The number of hydrogen-bond acceptors (Lipinski definition) is 6. The lowest BCUT2D eigenvalue weighted by atomic mass is 9.93. The molecule has 0 saturated carbocycles. The minimum atomic E-state index is -3.30. The molecular weight excluding hydrogens is 280 g/mol. The van der Waals surface area contributed by atoms with E-state index >= 15 is 0 Å². The van der Waals surface area contributed by atoms with Gasteiger partial charge in [-0.05, 0) is 19.8 Å². The first-order chi connectivity index (χ1) is 9.27. The van der Waals surface area contributed by atoms with E-state index in [1.165, 1.54) is 6.33 Å². The van der Waals surface area contributed by atoms with Crippen molar-refractivity contribution in [2.45, 2.75) is 25.4 Å². The number of aromatic nitrogens is 2. The highest BCUT2D eigenvalue weighted by atomic mass is 32.2. The molecule has 0 aliphatic carbocycles. The Hall–Kier alpha value is -1.25. The summed E-state index contributed by atoms with van der Waals surface area (Å²) in [6.07, 6.45) is 3.93. The second kappa shape index (κ2) is 5.63. The molecule has 112 valence electrons. The molecule has 2 heterocycles. The van der Waals surface area contributed by atoms with Crippen LogP contribution in [-0.2, 0) is 10.0 Å². The number of nitrogens with one attached hydrogen (secondary N) is 1. The summed E-state index contributed by atoms with van der Waals surface area (Å²) >= 11 is 0. The van der Waals surface area contributed by atoms with Crippen molar-refractivity contribution in [2.75, 3.05) is 30.8 Å². The van der Waals surface area contributed by atoms with Crippen LogP contribution >= 0.6 is 0 Å². The van der Waals surface area contributed by atoms with Gasteiger partial charge < -0.3 is 10.0 Å². The highest BCUT2D eigenvalue weighted by molar-refractivity contribution is 7.88. The van der Waals surface area contributed by atoms with Gasteiger partial charge >= 0.3 is 0 Å². The first-order valence-corrected chi connectivity index (χ1v) is 8.37. The number of anilines is 1. The fourth-order valence-electron chi connectivity index (χ4n) is 2.33. The minimum absolute atomic E-state index is 0.0202. The molecule has 1 aliphatic heterocycles. The molecule has 8 heteroatoms. The van der Waals surface area contributed by atoms with Crippen molar-refractivity contribution in [3.8, 4) is 0 Å². The van der Waals surface area contributed by atoms with E-state index in [4.69, 9.17) is 0 Å². The van der Waals surface area contributed by atoms with Crippen molar-refractivity contribution in [1.82, 2.24) is 14.7 Å². The van der Waals surface area contributed by atoms with Gasteiger partial charge in [0.25, 0.3) is 0 Å². The van der Waals surface area contributed by atoms with Crippen molar-refractivity contribution >= 4 is 15.8 Å². The van der Waals surface area contributed by atoms with E-state index in [1.807, 2.05) is 17.9 Å². The van der Waals surface area contributed by atoms with E-state index in [0.717, 1.165) is 30.7 Å². The summed E-state index contributed by atoms with van der Waals surface area (Å²) in [5.74, 6) is 0.759. The zero-order valence-corrected chi connectivity index (χ0v) is 12.5.